The van der Waals surface area contributed by atoms with Crippen molar-refractivity contribution in [3.05, 3.63) is 65.4 Å². The lowest BCUT2D eigenvalue weighted by molar-refractivity contribution is 0.0790. The third-order valence-electron chi connectivity index (χ3n) is 7.01. The summed E-state index contributed by atoms with van der Waals surface area (Å²) in [6.45, 7) is 5.47. The van der Waals surface area contributed by atoms with Crippen molar-refractivity contribution in [3.8, 4) is 23.0 Å². The summed E-state index contributed by atoms with van der Waals surface area (Å²) in [5, 5.41) is 0. The molecule has 10 heteroatoms. The molecule has 0 saturated carbocycles. The Balaban J connectivity index is 1.25. The van der Waals surface area contributed by atoms with Crippen molar-refractivity contribution in [2.45, 2.75) is 19.5 Å². The normalized spacial score (nSPS) is 14.2. The molecule has 1 aliphatic rings. The minimum atomic E-state index is -0.164. The van der Waals surface area contributed by atoms with Gasteiger partial charge in [-0.3, -0.25) is 14.6 Å². The molecule has 2 aromatic carbocycles. The second-order valence-electron chi connectivity index (χ2n) is 9.52. The lowest BCUT2D eigenvalue weighted by Gasteiger charge is -2.34. The van der Waals surface area contributed by atoms with Crippen LogP contribution in [0.2, 0.25) is 0 Å². The highest BCUT2D eigenvalue weighted by Gasteiger charge is 2.22. The van der Waals surface area contributed by atoms with Crippen LogP contribution in [0.4, 0.5) is 0 Å². The maximum Gasteiger partial charge on any atom is 0.275 e. The van der Waals surface area contributed by atoms with E-state index in [1.807, 2.05) is 36.4 Å². The molecule has 10 nitrogen and oxygen atoms in total. The molecule has 1 amide bonds. The predicted molar refractivity (Wildman–Crippen MR) is 147 cm³/mol. The van der Waals surface area contributed by atoms with Crippen molar-refractivity contribution in [2.24, 2.45) is 0 Å². The largest absolute Gasteiger partial charge is 0.497 e. The lowest BCUT2D eigenvalue weighted by atomic mass is 10.1. The number of oxazole rings is 1. The molecule has 0 radical (unpaired) electrons. The SMILES string of the molecule is COc1ccc(OC)c(CN2CCN(Cc3nc(C(=O)N(C)CCc4ccc(OC)c(OC)c4)co3)CC2)c1. The molecule has 1 aromatic heterocycles. The molecule has 4 rings (SSSR count). The number of amides is 1. The maximum absolute atomic E-state index is 12.9. The first-order valence-corrected chi connectivity index (χ1v) is 13.0. The van der Waals surface area contributed by atoms with Gasteiger partial charge in [0, 0.05) is 51.9 Å². The Labute approximate surface area is 230 Å². The average Bonchev–Trinajstić information content (AvgIpc) is 3.44. The van der Waals surface area contributed by atoms with Crippen molar-refractivity contribution in [1.29, 1.82) is 0 Å². The number of ether oxygens (including phenoxy) is 4. The summed E-state index contributed by atoms with van der Waals surface area (Å²) in [4.78, 5) is 23.8. The summed E-state index contributed by atoms with van der Waals surface area (Å²) >= 11 is 0. The Morgan fingerprint density at radius 1 is 0.872 bits per heavy atom. The van der Waals surface area contributed by atoms with Gasteiger partial charge in [0.05, 0.1) is 35.0 Å². The fourth-order valence-electron chi connectivity index (χ4n) is 4.65. The molecule has 0 aliphatic carbocycles. The van der Waals surface area contributed by atoms with E-state index < -0.39 is 0 Å². The third-order valence-corrected chi connectivity index (χ3v) is 7.01. The molecule has 39 heavy (non-hydrogen) atoms. The monoisotopic (exact) mass is 538 g/mol. The van der Waals surface area contributed by atoms with Crippen molar-refractivity contribution >= 4 is 5.91 Å². The fraction of sp³-hybridized carbons (Fsp3) is 0.448. The Hall–Kier alpha value is -3.76. The van der Waals surface area contributed by atoms with E-state index in [0.29, 0.717) is 42.6 Å². The summed E-state index contributed by atoms with van der Waals surface area (Å²) in [6.07, 6.45) is 2.13. The highest BCUT2D eigenvalue weighted by Crippen LogP contribution is 2.28. The summed E-state index contributed by atoms with van der Waals surface area (Å²) < 4.78 is 27.2. The van der Waals surface area contributed by atoms with Crippen molar-refractivity contribution < 1.29 is 28.2 Å². The van der Waals surface area contributed by atoms with E-state index in [1.54, 1.807) is 40.4 Å². The summed E-state index contributed by atoms with van der Waals surface area (Å²) in [5.41, 5.74) is 2.48. The number of rotatable bonds is 12. The van der Waals surface area contributed by atoms with Gasteiger partial charge >= 0.3 is 0 Å². The molecule has 0 unspecified atom stereocenters. The zero-order valence-corrected chi connectivity index (χ0v) is 23.4. The molecular formula is C29H38N4O6. The molecule has 0 atom stereocenters. The minimum Gasteiger partial charge on any atom is -0.497 e. The van der Waals surface area contributed by atoms with Crippen LogP contribution in [0.15, 0.2) is 47.1 Å². The van der Waals surface area contributed by atoms with Gasteiger partial charge in [0.1, 0.15) is 17.8 Å². The van der Waals surface area contributed by atoms with Gasteiger partial charge in [-0.05, 0) is 42.3 Å². The molecule has 2 heterocycles. The van der Waals surface area contributed by atoms with Gasteiger partial charge in [0.15, 0.2) is 17.2 Å². The zero-order chi connectivity index (χ0) is 27.8. The zero-order valence-electron chi connectivity index (χ0n) is 23.4. The number of hydrogen-bond donors (Lipinski definition) is 0. The first kappa shape index (κ1) is 28.3. The topological polar surface area (TPSA) is 89.7 Å². The molecule has 210 valence electrons. The first-order valence-electron chi connectivity index (χ1n) is 13.0. The predicted octanol–water partition coefficient (Wildman–Crippen LogP) is 3.34. The van der Waals surface area contributed by atoms with Gasteiger partial charge in [-0.2, -0.15) is 0 Å². The van der Waals surface area contributed by atoms with Crippen LogP contribution in [-0.4, -0.2) is 93.8 Å². The first-order chi connectivity index (χ1) is 18.9. The van der Waals surface area contributed by atoms with E-state index in [-0.39, 0.29) is 5.91 Å². The molecule has 0 spiro atoms. The Morgan fingerprint density at radius 3 is 2.21 bits per heavy atom. The van der Waals surface area contributed by atoms with Crippen molar-refractivity contribution in [3.63, 3.8) is 0 Å². The standard InChI is InChI=1S/C29H38N4O6/c1-31(11-10-21-6-8-26(37-4)27(16-21)38-5)29(34)24-20-39-28(30-24)19-33-14-12-32(13-15-33)18-22-17-23(35-2)7-9-25(22)36-3/h6-9,16-17,20H,10-15,18-19H2,1-5H3. The van der Waals surface area contributed by atoms with E-state index in [4.69, 9.17) is 23.4 Å². The van der Waals surface area contributed by atoms with E-state index in [1.165, 1.54) is 6.26 Å². The molecule has 0 N–H and O–H groups in total. The van der Waals surface area contributed by atoms with Gasteiger partial charge in [0.2, 0.25) is 5.89 Å². The number of piperazine rings is 1. The Bertz CT molecular complexity index is 1240. The number of methoxy groups -OCH3 is 4. The van der Waals surface area contributed by atoms with Gasteiger partial charge in [-0.1, -0.05) is 6.07 Å². The Morgan fingerprint density at radius 2 is 1.54 bits per heavy atom. The number of hydrogen-bond acceptors (Lipinski definition) is 9. The maximum atomic E-state index is 12.9. The smallest absolute Gasteiger partial charge is 0.275 e. The van der Waals surface area contributed by atoms with Gasteiger partial charge in [0.25, 0.3) is 5.91 Å². The van der Waals surface area contributed by atoms with E-state index >= 15 is 0 Å². The summed E-state index contributed by atoms with van der Waals surface area (Å²) in [6, 6.07) is 11.7. The number of nitrogens with zero attached hydrogens (tertiary/aromatic N) is 4. The number of benzene rings is 2. The van der Waals surface area contributed by atoms with E-state index in [0.717, 1.165) is 55.3 Å². The van der Waals surface area contributed by atoms with Crippen LogP contribution < -0.4 is 18.9 Å². The molecule has 1 fully saturated rings. The minimum absolute atomic E-state index is 0.164. The van der Waals surface area contributed by atoms with Crippen molar-refractivity contribution in [1.82, 2.24) is 19.7 Å². The van der Waals surface area contributed by atoms with Crippen LogP contribution in [0.1, 0.15) is 27.5 Å². The van der Waals surface area contributed by atoms with E-state index in [9.17, 15) is 4.79 Å². The van der Waals surface area contributed by atoms with Gasteiger partial charge in [-0.25, -0.2) is 4.98 Å². The lowest BCUT2D eigenvalue weighted by Crippen LogP contribution is -2.45. The Kier molecular flexibility index (Phi) is 9.67. The van der Waals surface area contributed by atoms with Crippen molar-refractivity contribution in [2.75, 3.05) is 68.2 Å². The molecule has 1 saturated heterocycles. The quantitative estimate of drug-likeness (QED) is 0.344. The molecule has 0 bridgehead atoms. The number of carbonyl (C=O) groups excluding carboxylic acids is 1. The average molecular weight is 539 g/mol. The van der Waals surface area contributed by atoms with Crippen LogP contribution in [0.25, 0.3) is 0 Å². The molecule has 1 aliphatic heterocycles. The van der Waals surface area contributed by atoms with Crippen LogP contribution in [-0.2, 0) is 19.5 Å². The van der Waals surface area contributed by atoms with Gasteiger partial charge < -0.3 is 28.3 Å². The highest BCUT2D eigenvalue weighted by atomic mass is 16.5. The van der Waals surface area contributed by atoms with Crippen LogP contribution in [0, 0.1) is 0 Å². The molecule has 3 aromatic rings. The summed E-state index contributed by atoms with van der Waals surface area (Å²) in [7, 11) is 8.35. The summed E-state index contributed by atoms with van der Waals surface area (Å²) in [5.74, 6) is 3.43. The van der Waals surface area contributed by atoms with Crippen LogP contribution >= 0.6 is 0 Å². The number of likely N-dealkylation sites (N-methyl/N-ethyl adjacent to an activating group) is 1. The van der Waals surface area contributed by atoms with E-state index in [2.05, 4.69) is 14.8 Å². The van der Waals surface area contributed by atoms with Crippen LogP contribution in [0.3, 0.4) is 0 Å². The van der Waals surface area contributed by atoms with Gasteiger partial charge in [-0.15, -0.1) is 0 Å². The number of carbonyl (C=O) groups is 1. The molecular weight excluding hydrogens is 500 g/mol. The van der Waals surface area contributed by atoms with Crippen LogP contribution in [0.5, 0.6) is 23.0 Å². The fourth-order valence-corrected chi connectivity index (χ4v) is 4.65. The second-order valence-corrected chi connectivity index (χ2v) is 9.52. The second kappa shape index (κ2) is 13.3. The number of aromatic nitrogens is 1. The third kappa shape index (κ3) is 7.21. The highest BCUT2D eigenvalue weighted by molar-refractivity contribution is 5.91.